The minimum absolute atomic E-state index is 0.0351. The molecule has 0 saturated carbocycles. The molecule has 2 aromatic rings. The first-order chi connectivity index (χ1) is 12.9. The van der Waals surface area contributed by atoms with Gasteiger partial charge in [-0.2, -0.15) is 4.90 Å². The Morgan fingerprint density at radius 3 is 2.67 bits per heavy atom. The second-order valence-electron chi connectivity index (χ2n) is 6.51. The lowest BCUT2D eigenvalue weighted by atomic mass is 9.92. The highest BCUT2D eigenvalue weighted by Crippen LogP contribution is 2.32. The molecule has 1 fully saturated rings. The Kier molecular flexibility index (Phi) is 4.00. The van der Waals surface area contributed by atoms with Crippen LogP contribution in [0.1, 0.15) is 18.1 Å². The van der Waals surface area contributed by atoms with Gasteiger partial charge in [-0.25, -0.2) is 4.79 Å². The van der Waals surface area contributed by atoms with Crippen molar-refractivity contribution in [2.24, 2.45) is 0 Å². The van der Waals surface area contributed by atoms with Gasteiger partial charge in [0.2, 0.25) is 0 Å². The van der Waals surface area contributed by atoms with Crippen molar-refractivity contribution in [2.75, 3.05) is 6.61 Å². The van der Waals surface area contributed by atoms with Gasteiger partial charge < -0.3 is 10.1 Å². The second kappa shape index (κ2) is 6.25. The Morgan fingerprint density at radius 1 is 1.19 bits per heavy atom. The highest BCUT2D eigenvalue weighted by molar-refractivity contribution is 6.30. The van der Waals surface area contributed by atoms with Gasteiger partial charge in [0.1, 0.15) is 17.9 Å². The predicted octanol–water partition coefficient (Wildman–Crippen LogP) is 3.11. The van der Waals surface area contributed by atoms with E-state index in [0.717, 1.165) is 0 Å². The lowest BCUT2D eigenvalue weighted by Crippen LogP contribution is -2.42. The Bertz CT molecular complexity index is 1000. The Balaban J connectivity index is 1.67. The number of halogens is 1. The minimum atomic E-state index is -1.30. The summed E-state index contributed by atoms with van der Waals surface area (Å²) in [6.07, 6.45) is 1.59. The van der Waals surface area contributed by atoms with E-state index in [1.54, 1.807) is 55.5 Å². The zero-order valence-corrected chi connectivity index (χ0v) is 15.1. The summed E-state index contributed by atoms with van der Waals surface area (Å²) in [6, 6.07) is 13.1. The summed E-state index contributed by atoms with van der Waals surface area (Å²) in [6.45, 7) is 1.54. The van der Waals surface area contributed by atoms with Crippen molar-refractivity contribution in [3.63, 3.8) is 0 Å². The van der Waals surface area contributed by atoms with Gasteiger partial charge in [-0.1, -0.05) is 41.9 Å². The van der Waals surface area contributed by atoms with Gasteiger partial charge in [0, 0.05) is 10.6 Å². The van der Waals surface area contributed by atoms with E-state index in [4.69, 9.17) is 16.3 Å². The molecule has 0 bridgehead atoms. The highest BCUT2D eigenvalue weighted by atomic mass is 35.5. The van der Waals surface area contributed by atoms with Gasteiger partial charge in [0.15, 0.2) is 0 Å². The van der Waals surface area contributed by atoms with Crippen molar-refractivity contribution in [3.8, 4) is 5.75 Å². The molecule has 0 unspecified atom stereocenters. The van der Waals surface area contributed by atoms with Crippen LogP contribution >= 0.6 is 11.6 Å². The van der Waals surface area contributed by atoms with Crippen molar-refractivity contribution < 1.29 is 19.1 Å². The third-order valence-corrected chi connectivity index (χ3v) is 4.94. The molecule has 2 heterocycles. The van der Waals surface area contributed by atoms with Crippen molar-refractivity contribution >= 4 is 35.5 Å². The molecule has 2 aromatic carbocycles. The number of benzene rings is 2. The molecule has 0 aliphatic carbocycles. The Morgan fingerprint density at radius 2 is 1.93 bits per heavy atom. The van der Waals surface area contributed by atoms with Gasteiger partial charge in [-0.15, -0.1) is 0 Å². The fraction of sp³-hybridized carbons (Fsp3) is 0.150. The maximum absolute atomic E-state index is 13.0. The number of nitrogens with zero attached hydrogens (tertiary/aromatic N) is 1. The van der Waals surface area contributed by atoms with Gasteiger partial charge >= 0.3 is 6.03 Å². The number of rotatable bonds is 2. The van der Waals surface area contributed by atoms with E-state index in [1.165, 1.54) is 0 Å². The van der Waals surface area contributed by atoms with Crippen LogP contribution in [0.3, 0.4) is 0 Å². The molecule has 2 aliphatic rings. The van der Waals surface area contributed by atoms with Crippen molar-refractivity contribution in [1.82, 2.24) is 10.2 Å². The molecule has 6 nitrogen and oxygen atoms in total. The van der Waals surface area contributed by atoms with Gasteiger partial charge in [0.05, 0.1) is 5.57 Å². The summed E-state index contributed by atoms with van der Waals surface area (Å²) in [5.41, 5.74) is 0.121. The fourth-order valence-electron chi connectivity index (χ4n) is 3.21. The largest absolute Gasteiger partial charge is 0.488 e. The summed E-state index contributed by atoms with van der Waals surface area (Å²) in [4.78, 5) is 38.9. The number of fused-ring (bicyclic) bond motifs is 1. The molecule has 7 heteroatoms. The molecule has 0 radical (unpaired) electrons. The summed E-state index contributed by atoms with van der Waals surface area (Å²) >= 11 is 5.98. The van der Waals surface area contributed by atoms with Crippen molar-refractivity contribution in [1.29, 1.82) is 0 Å². The standard InChI is InChI=1S/C20H15ClN2O4/c1-20(14-5-3-2-4-6-14)18(25)23(19(26)22-20)17(24)13-9-12-10-15(21)7-8-16(12)27-11-13/h2-10H,11H2,1H3,(H,22,26)/t20-/m0/s1. The number of hydrogen-bond acceptors (Lipinski definition) is 4. The van der Waals surface area contributed by atoms with Crippen LogP contribution < -0.4 is 10.1 Å². The zero-order valence-electron chi connectivity index (χ0n) is 14.4. The first kappa shape index (κ1) is 17.3. The molecule has 4 amide bonds. The molecular weight excluding hydrogens is 368 g/mol. The lowest BCUT2D eigenvalue weighted by molar-refractivity contribution is -0.139. The van der Waals surface area contributed by atoms with E-state index in [9.17, 15) is 14.4 Å². The van der Waals surface area contributed by atoms with E-state index < -0.39 is 23.4 Å². The van der Waals surface area contributed by atoms with Crippen molar-refractivity contribution in [2.45, 2.75) is 12.5 Å². The smallest absolute Gasteiger partial charge is 0.332 e. The van der Waals surface area contributed by atoms with E-state index in [2.05, 4.69) is 5.32 Å². The summed E-state index contributed by atoms with van der Waals surface area (Å²) in [5.74, 6) is -0.744. The molecule has 1 saturated heterocycles. The number of urea groups is 1. The van der Waals surface area contributed by atoms with Crippen molar-refractivity contribution in [3.05, 3.63) is 70.3 Å². The zero-order chi connectivity index (χ0) is 19.2. The number of imide groups is 3. The molecule has 136 valence electrons. The number of carbonyl (C=O) groups excluding carboxylic acids is 3. The van der Waals surface area contributed by atoms with Crippen LogP contribution in [-0.2, 0) is 15.1 Å². The van der Waals surface area contributed by atoms with E-state index >= 15 is 0 Å². The van der Waals surface area contributed by atoms with Gasteiger partial charge in [-0.05, 0) is 36.8 Å². The van der Waals surface area contributed by atoms with Crippen LogP contribution in [0.15, 0.2) is 54.1 Å². The number of nitrogens with one attached hydrogen (secondary N) is 1. The summed E-state index contributed by atoms with van der Waals surface area (Å²) < 4.78 is 5.56. The quantitative estimate of drug-likeness (QED) is 0.639. The average Bonchev–Trinajstić information content (AvgIpc) is 2.91. The Labute approximate surface area is 160 Å². The van der Waals surface area contributed by atoms with Crippen LogP contribution in [0.4, 0.5) is 4.79 Å². The maximum Gasteiger partial charge on any atom is 0.332 e. The normalized spacial score (nSPS) is 21.3. The minimum Gasteiger partial charge on any atom is -0.488 e. The second-order valence-corrected chi connectivity index (χ2v) is 6.94. The van der Waals surface area contributed by atoms with Crippen LogP contribution in [0, 0.1) is 0 Å². The molecule has 27 heavy (non-hydrogen) atoms. The first-order valence-electron chi connectivity index (χ1n) is 8.29. The average molecular weight is 383 g/mol. The summed E-state index contributed by atoms with van der Waals surface area (Å²) in [7, 11) is 0. The van der Waals surface area contributed by atoms with E-state index in [0.29, 0.717) is 26.8 Å². The van der Waals surface area contributed by atoms with Gasteiger partial charge in [0.25, 0.3) is 11.8 Å². The number of carbonyl (C=O) groups is 3. The molecule has 2 aliphatic heterocycles. The third kappa shape index (κ3) is 2.78. The molecule has 0 aromatic heterocycles. The molecule has 1 atom stereocenters. The number of amides is 4. The first-order valence-corrected chi connectivity index (χ1v) is 8.67. The molecule has 1 N–H and O–H groups in total. The van der Waals surface area contributed by atoms with E-state index in [1.807, 2.05) is 6.07 Å². The fourth-order valence-corrected chi connectivity index (χ4v) is 3.39. The molecule has 4 rings (SSSR count). The van der Waals surface area contributed by atoms with Crippen LogP contribution in [0.2, 0.25) is 5.02 Å². The summed E-state index contributed by atoms with van der Waals surface area (Å²) in [5, 5.41) is 3.12. The number of ether oxygens (including phenoxy) is 1. The number of hydrogen-bond donors (Lipinski definition) is 1. The van der Waals surface area contributed by atoms with Crippen LogP contribution in [0.25, 0.3) is 6.08 Å². The Hall–Kier alpha value is -3.12. The topological polar surface area (TPSA) is 75.7 Å². The van der Waals surface area contributed by atoms with Crippen LogP contribution in [0.5, 0.6) is 5.75 Å². The van der Waals surface area contributed by atoms with Gasteiger partial charge in [-0.3, -0.25) is 9.59 Å². The lowest BCUT2D eigenvalue weighted by Gasteiger charge is -2.22. The monoisotopic (exact) mass is 382 g/mol. The van der Waals surface area contributed by atoms with E-state index in [-0.39, 0.29) is 12.2 Å². The van der Waals surface area contributed by atoms with Crippen LogP contribution in [-0.4, -0.2) is 29.4 Å². The SMILES string of the molecule is C[C@@]1(c2ccccc2)NC(=O)N(C(=O)C2=Cc3cc(Cl)ccc3OC2)C1=O. The maximum atomic E-state index is 13.0. The third-order valence-electron chi connectivity index (χ3n) is 4.70. The molecular formula is C20H15ClN2O4. The molecule has 0 spiro atoms. The predicted molar refractivity (Wildman–Crippen MR) is 99.1 cm³/mol. The highest BCUT2D eigenvalue weighted by Gasteiger charge is 2.52.